The third-order valence-electron chi connectivity index (χ3n) is 4.03. The van der Waals surface area contributed by atoms with Gasteiger partial charge in [0, 0.05) is 34.1 Å². The van der Waals surface area contributed by atoms with Crippen LogP contribution in [0.25, 0.3) is 0 Å². The predicted octanol–water partition coefficient (Wildman–Crippen LogP) is 3.42. The Labute approximate surface area is 189 Å². The lowest BCUT2D eigenvalue weighted by Crippen LogP contribution is -2.43. The molecule has 8 nitrogen and oxygen atoms in total. The summed E-state index contributed by atoms with van der Waals surface area (Å²) in [6.07, 6.45) is 0.315. The predicted molar refractivity (Wildman–Crippen MR) is 117 cm³/mol. The van der Waals surface area contributed by atoms with Crippen LogP contribution in [0.2, 0.25) is 10.0 Å². The number of hydrogen-bond donors (Lipinski definition) is 3. The van der Waals surface area contributed by atoms with Crippen LogP contribution in [0.1, 0.15) is 35.2 Å². The van der Waals surface area contributed by atoms with E-state index in [4.69, 9.17) is 27.9 Å². The summed E-state index contributed by atoms with van der Waals surface area (Å²) in [5.74, 6) is -2.15. The Hall–Kier alpha value is -3.10. The summed E-state index contributed by atoms with van der Waals surface area (Å²) in [7, 11) is 0. The zero-order valence-corrected chi connectivity index (χ0v) is 18.2. The van der Waals surface area contributed by atoms with E-state index in [1.165, 1.54) is 24.3 Å². The molecule has 10 heteroatoms. The van der Waals surface area contributed by atoms with Crippen molar-refractivity contribution < 1.29 is 23.9 Å². The van der Waals surface area contributed by atoms with Crippen LogP contribution in [0.3, 0.4) is 0 Å². The molecule has 3 N–H and O–H groups in total. The molecule has 0 atom stereocenters. The van der Waals surface area contributed by atoms with Crippen molar-refractivity contribution in [2.75, 3.05) is 11.9 Å². The number of amides is 3. The van der Waals surface area contributed by atoms with E-state index in [2.05, 4.69) is 16.2 Å². The standard InChI is InChI=1S/C21H21Cl2N3O5/c1-13-5-10-16(11-17(13)23)24-18(27)3-2-4-20(29)31-12-19(28)25-26-21(30)14-6-8-15(22)9-7-14/h5-11H,2-4,12H2,1H3,(H,24,27)(H,25,28)(H,26,30). The molecule has 0 saturated heterocycles. The second kappa shape index (κ2) is 11.9. The van der Waals surface area contributed by atoms with Gasteiger partial charge in [-0.25, -0.2) is 0 Å². The average Bonchev–Trinajstić information content (AvgIpc) is 2.73. The number of ether oxygens (including phenoxy) is 1. The molecule has 164 valence electrons. The van der Waals surface area contributed by atoms with Crippen LogP contribution >= 0.6 is 23.2 Å². The van der Waals surface area contributed by atoms with Gasteiger partial charge in [0.25, 0.3) is 11.8 Å². The molecule has 0 unspecified atom stereocenters. The number of anilines is 1. The van der Waals surface area contributed by atoms with Gasteiger partial charge in [0.05, 0.1) is 0 Å². The smallest absolute Gasteiger partial charge is 0.306 e. The molecule has 2 rings (SSSR count). The summed E-state index contributed by atoms with van der Waals surface area (Å²) >= 11 is 11.7. The van der Waals surface area contributed by atoms with E-state index in [1.807, 2.05) is 6.92 Å². The number of carbonyl (C=O) groups is 4. The van der Waals surface area contributed by atoms with Crippen molar-refractivity contribution in [3.05, 3.63) is 63.6 Å². The molecule has 0 fully saturated rings. The summed E-state index contributed by atoms with van der Waals surface area (Å²) in [6, 6.07) is 11.2. The third-order valence-corrected chi connectivity index (χ3v) is 4.69. The summed E-state index contributed by atoms with van der Waals surface area (Å²) in [6.45, 7) is 1.29. The van der Waals surface area contributed by atoms with Crippen LogP contribution in [0.4, 0.5) is 5.69 Å². The summed E-state index contributed by atoms with van der Waals surface area (Å²) < 4.78 is 4.82. The van der Waals surface area contributed by atoms with Gasteiger partial charge in [-0.1, -0.05) is 29.3 Å². The van der Waals surface area contributed by atoms with Crippen molar-refractivity contribution in [3.8, 4) is 0 Å². The highest BCUT2D eigenvalue weighted by Gasteiger charge is 2.11. The zero-order valence-electron chi connectivity index (χ0n) is 16.7. The number of halogens is 2. The van der Waals surface area contributed by atoms with E-state index in [1.54, 1.807) is 18.2 Å². The molecule has 0 spiro atoms. The highest BCUT2D eigenvalue weighted by atomic mass is 35.5. The van der Waals surface area contributed by atoms with Crippen LogP contribution < -0.4 is 16.2 Å². The molecule has 0 aliphatic rings. The molecule has 31 heavy (non-hydrogen) atoms. The quantitative estimate of drug-likeness (QED) is 0.408. The van der Waals surface area contributed by atoms with Crippen molar-refractivity contribution >= 4 is 52.6 Å². The van der Waals surface area contributed by atoms with Crippen molar-refractivity contribution in [3.63, 3.8) is 0 Å². The first-order valence-electron chi connectivity index (χ1n) is 9.31. The fourth-order valence-electron chi connectivity index (χ4n) is 2.34. The highest BCUT2D eigenvalue weighted by molar-refractivity contribution is 6.31. The molecule has 0 aromatic heterocycles. The number of esters is 1. The maximum atomic E-state index is 11.9. The minimum absolute atomic E-state index is 0.0352. The van der Waals surface area contributed by atoms with Gasteiger partial charge in [0.2, 0.25) is 5.91 Å². The van der Waals surface area contributed by atoms with Gasteiger partial charge in [0.1, 0.15) is 0 Å². The first kappa shape index (κ1) is 24.2. The molecule has 0 aliphatic heterocycles. The van der Waals surface area contributed by atoms with Gasteiger partial charge in [-0.3, -0.25) is 30.0 Å². The van der Waals surface area contributed by atoms with E-state index in [0.717, 1.165) is 5.56 Å². The Morgan fingerprint density at radius 3 is 2.29 bits per heavy atom. The van der Waals surface area contributed by atoms with Crippen molar-refractivity contribution in [2.24, 2.45) is 0 Å². The van der Waals surface area contributed by atoms with Gasteiger partial charge in [-0.2, -0.15) is 0 Å². The van der Waals surface area contributed by atoms with Crippen LogP contribution in [-0.2, 0) is 19.1 Å². The monoisotopic (exact) mass is 465 g/mol. The highest BCUT2D eigenvalue weighted by Crippen LogP contribution is 2.20. The number of benzene rings is 2. The summed E-state index contributed by atoms with van der Waals surface area (Å²) in [5.41, 5.74) is 6.10. The average molecular weight is 466 g/mol. The van der Waals surface area contributed by atoms with E-state index in [9.17, 15) is 19.2 Å². The van der Waals surface area contributed by atoms with E-state index < -0.39 is 24.4 Å². The van der Waals surface area contributed by atoms with Gasteiger partial charge in [0.15, 0.2) is 6.61 Å². The molecule has 2 aromatic carbocycles. The number of rotatable bonds is 8. The maximum absolute atomic E-state index is 11.9. The molecule has 2 aromatic rings. The Kier molecular flexibility index (Phi) is 9.30. The van der Waals surface area contributed by atoms with Gasteiger partial charge >= 0.3 is 5.97 Å². The Morgan fingerprint density at radius 2 is 1.61 bits per heavy atom. The molecule has 3 amide bonds. The first-order valence-corrected chi connectivity index (χ1v) is 10.1. The van der Waals surface area contributed by atoms with Gasteiger partial charge in [-0.15, -0.1) is 0 Å². The lowest BCUT2D eigenvalue weighted by atomic mass is 10.2. The summed E-state index contributed by atoms with van der Waals surface area (Å²) in [5, 5.41) is 3.71. The number of aryl methyl sites for hydroxylation is 1. The van der Waals surface area contributed by atoms with Crippen LogP contribution in [0.5, 0.6) is 0 Å². The molecule has 0 saturated carbocycles. The number of carbonyl (C=O) groups excluding carboxylic acids is 4. The molecule has 0 aliphatic carbocycles. The second-order valence-corrected chi connectivity index (χ2v) is 7.38. The minimum atomic E-state index is -0.704. The maximum Gasteiger partial charge on any atom is 0.306 e. The Morgan fingerprint density at radius 1 is 0.903 bits per heavy atom. The summed E-state index contributed by atoms with van der Waals surface area (Å²) in [4.78, 5) is 47.2. The third kappa shape index (κ3) is 8.65. The van der Waals surface area contributed by atoms with Crippen molar-refractivity contribution in [2.45, 2.75) is 26.2 Å². The van der Waals surface area contributed by atoms with Gasteiger partial charge < -0.3 is 10.1 Å². The van der Waals surface area contributed by atoms with Crippen molar-refractivity contribution in [1.82, 2.24) is 10.9 Å². The molecular weight excluding hydrogens is 445 g/mol. The largest absolute Gasteiger partial charge is 0.455 e. The second-order valence-electron chi connectivity index (χ2n) is 6.54. The molecule has 0 radical (unpaired) electrons. The number of hydrogen-bond acceptors (Lipinski definition) is 5. The van der Waals surface area contributed by atoms with Crippen molar-refractivity contribution in [1.29, 1.82) is 0 Å². The lowest BCUT2D eigenvalue weighted by molar-refractivity contribution is -0.148. The topological polar surface area (TPSA) is 114 Å². The SMILES string of the molecule is Cc1ccc(NC(=O)CCCC(=O)OCC(=O)NNC(=O)c2ccc(Cl)cc2)cc1Cl. The van der Waals surface area contributed by atoms with E-state index in [-0.39, 0.29) is 25.2 Å². The first-order chi connectivity index (χ1) is 14.7. The van der Waals surface area contributed by atoms with Gasteiger partial charge in [-0.05, 0) is 55.3 Å². The molecular formula is C21H21Cl2N3O5. The lowest BCUT2D eigenvalue weighted by Gasteiger charge is -2.09. The Bertz CT molecular complexity index is 964. The van der Waals surface area contributed by atoms with Crippen LogP contribution in [0.15, 0.2) is 42.5 Å². The Balaban J connectivity index is 1.61. The van der Waals surface area contributed by atoms with E-state index >= 15 is 0 Å². The fraction of sp³-hybridized carbons (Fsp3) is 0.238. The fourth-order valence-corrected chi connectivity index (χ4v) is 2.65. The molecule has 0 heterocycles. The number of nitrogens with one attached hydrogen (secondary N) is 3. The number of hydrazine groups is 1. The van der Waals surface area contributed by atoms with Crippen LogP contribution in [0, 0.1) is 6.92 Å². The van der Waals surface area contributed by atoms with Crippen LogP contribution in [-0.4, -0.2) is 30.3 Å². The molecule has 0 bridgehead atoms. The van der Waals surface area contributed by atoms with E-state index in [0.29, 0.717) is 21.3 Å². The minimum Gasteiger partial charge on any atom is -0.455 e. The normalized spacial score (nSPS) is 10.2. The zero-order chi connectivity index (χ0) is 22.8.